The molecule has 2 heterocycles. The number of anilines is 1. The topological polar surface area (TPSA) is 53.6 Å². The Morgan fingerprint density at radius 3 is 2.59 bits per heavy atom. The highest BCUT2D eigenvalue weighted by Crippen LogP contribution is 2.43. The van der Waals surface area contributed by atoms with E-state index in [1.54, 1.807) is 11.8 Å². The van der Waals surface area contributed by atoms with Gasteiger partial charge in [-0.2, -0.15) is 0 Å². The zero-order chi connectivity index (χ0) is 25.8. The number of benzene rings is 2. The van der Waals surface area contributed by atoms with E-state index in [1.165, 1.54) is 42.0 Å². The van der Waals surface area contributed by atoms with Crippen LogP contribution < -0.4 is 20.3 Å². The molecule has 5 nitrogen and oxygen atoms in total. The van der Waals surface area contributed by atoms with Gasteiger partial charge in [-0.15, -0.1) is 11.8 Å². The number of amides is 1. The number of carbonyl (C=O) groups excluding carboxylic acids is 1. The van der Waals surface area contributed by atoms with Crippen LogP contribution in [-0.2, 0) is 6.54 Å². The van der Waals surface area contributed by atoms with E-state index in [2.05, 4.69) is 64.3 Å². The molecule has 2 N–H and O–H groups in total. The van der Waals surface area contributed by atoms with Gasteiger partial charge in [-0.25, -0.2) is 0 Å². The van der Waals surface area contributed by atoms with Crippen molar-refractivity contribution in [1.82, 2.24) is 10.6 Å². The summed E-state index contributed by atoms with van der Waals surface area (Å²) in [5.74, 6) is 2.18. The highest BCUT2D eigenvalue weighted by atomic mass is 32.2. The van der Waals surface area contributed by atoms with E-state index in [0.29, 0.717) is 30.7 Å². The average molecular weight is 518 g/mol. The fraction of sp³-hybridized carbons (Fsp3) is 0.452. The first-order valence-electron chi connectivity index (χ1n) is 13.8. The predicted molar refractivity (Wildman–Crippen MR) is 153 cm³/mol. The van der Waals surface area contributed by atoms with Gasteiger partial charge in [0.05, 0.1) is 12.3 Å². The molecule has 2 fully saturated rings. The van der Waals surface area contributed by atoms with E-state index < -0.39 is 0 Å². The SMILES string of the molecule is CC.CSc1ccc(CNC(=O)c2ccc3c(c2)OCCCN3C2=CC(C3CC3)NC(C3CC3)=C2)cc1. The lowest BCUT2D eigenvalue weighted by Gasteiger charge is -2.32. The van der Waals surface area contributed by atoms with Crippen molar-refractivity contribution in [3.8, 4) is 5.75 Å². The van der Waals surface area contributed by atoms with Gasteiger partial charge in [-0.3, -0.25) is 4.79 Å². The molecule has 1 atom stereocenters. The molecule has 1 amide bonds. The summed E-state index contributed by atoms with van der Waals surface area (Å²) >= 11 is 1.72. The molecule has 0 spiro atoms. The van der Waals surface area contributed by atoms with Crippen LogP contribution in [0.4, 0.5) is 5.69 Å². The molecule has 0 bridgehead atoms. The molecule has 37 heavy (non-hydrogen) atoms. The third-order valence-corrected chi connectivity index (χ3v) is 8.10. The van der Waals surface area contributed by atoms with Gasteiger partial charge in [0.25, 0.3) is 5.91 Å². The standard InChI is InChI=1S/C29H33N3O2S.C2H6/c1-35-24-10-3-19(4-11-24)18-30-29(33)22-9-12-27-28(15-22)34-14-2-13-32(27)23-16-25(20-5-6-20)31-26(17-23)21-7-8-21;1-2/h3-4,9-12,15-17,20-21,25,31H,2,5-8,13-14,18H2,1H3,(H,30,33);1-2H3. The molecular formula is C31H39N3O2S. The number of hydrogen-bond donors (Lipinski definition) is 2. The van der Waals surface area contributed by atoms with Crippen molar-refractivity contribution in [3.05, 3.63) is 77.1 Å². The van der Waals surface area contributed by atoms with Gasteiger partial charge in [-0.1, -0.05) is 26.0 Å². The number of thioether (sulfide) groups is 1. The number of hydrogen-bond acceptors (Lipinski definition) is 5. The van der Waals surface area contributed by atoms with Crippen LogP contribution >= 0.6 is 11.8 Å². The maximum atomic E-state index is 12.9. The maximum Gasteiger partial charge on any atom is 0.251 e. The number of allylic oxidation sites excluding steroid dienone is 2. The van der Waals surface area contributed by atoms with Gasteiger partial charge < -0.3 is 20.3 Å². The summed E-state index contributed by atoms with van der Waals surface area (Å²) in [6.07, 6.45) is 13.0. The monoisotopic (exact) mass is 517 g/mol. The molecule has 196 valence electrons. The van der Waals surface area contributed by atoms with Gasteiger partial charge in [0.1, 0.15) is 5.75 Å². The van der Waals surface area contributed by atoms with E-state index in [1.807, 2.05) is 26.0 Å². The number of nitrogens with one attached hydrogen (secondary N) is 2. The van der Waals surface area contributed by atoms with Gasteiger partial charge >= 0.3 is 0 Å². The Morgan fingerprint density at radius 2 is 1.89 bits per heavy atom. The average Bonchev–Trinajstić information content (AvgIpc) is 3.85. The molecular weight excluding hydrogens is 478 g/mol. The molecule has 2 aromatic rings. The van der Waals surface area contributed by atoms with Gasteiger partial charge in [-0.05, 0) is 98.2 Å². The Bertz CT molecular complexity index is 1170. The smallest absolute Gasteiger partial charge is 0.251 e. The second-order valence-electron chi connectivity index (χ2n) is 10.0. The second kappa shape index (κ2) is 11.7. The van der Waals surface area contributed by atoms with Crippen LogP contribution in [0, 0.1) is 11.8 Å². The van der Waals surface area contributed by atoms with E-state index >= 15 is 0 Å². The minimum atomic E-state index is -0.0769. The van der Waals surface area contributed by atoms with E-state index in [4.69, 9.17) is 4.74 Å². The number of carbonyl (C=O) groups is 1. The molecule has 0 radical (unpaired) electrons. The van der Waals surface area contributed by atoms with Crippen LogP contribution in [0.5, 0.6) is 5.75 Å². The van der Waals surface area contributed by atoms with Gasteiger partial charge in [0.2, 0.25) is 0 Å². The van der Waals surface area contributed by atoms with Gasteiger partial charge in [0.15, 0.2) is 0 Å². The Morgan fingerprint density at radius 1 is 1.11 bits per heavy atom. The molecule has 4 aliphatic rings. The molecule has 2 saturated carbocycles. The molecule has 1 unspecified atom stereocenters. The zero-order valence-corrected chi connectivity index (χ0v) is 23.1. The highest BCUT2D eigenvalue weighted by Gasteiger charge is 2.37. The molecule has 6 heteroatoms. The first-order chi connectivity index (χ1) is 18.2. The van der Waals surface area contributed by atoms with Crippen molar-refractivity contribution in [3.63, 3.8) is 0 Å². The van der Waals surface area contributed by atoms with Crippen molar-refractivity contribution < 1.29 is 9.53 Å². The summed E-state index contributed by atoms with van der Waals surface area (Å²) in [6.45, 7) is 6.09. The lowest BCUT2D eigenvalue weighted by Crippen LogP contribution is -2.36. The van der Waals surface area contributed by atoms with Crippen LogP contribution in [-0.4, -0.2) is 31.4 Å². The lowest BCUT2D eigenvalue weighted by atomic mass is 10.0. The number of ether oxygens (including phenoxy) is 1. The molecule has 0 aromatic heterocycles. The maximum absolute atomic E-state index is 12.9. The van der Waals surface area contributed by atoms with Crippen molar-refractivity contribution in [2.24, 2.45) is 11.8 Å². The van der Waals surface area contributed by atoms with Crippen LogP contribution in [0.25, 0.3) is 0 Å². The first kappa shape index (κ1) is 25.8. The van der Waals surface area contributed by atoms with Gasteiger partial charge in [0, 0.05) is 41.0 Å². The predicted octanol–water partition coefficient (Wildman–Crippen LogP) is 6.51. The second-order valence-corrected chi connectivity index (χ2v) is 10.9. The Labute approximate surface area is 225 Å². The summed E-state index contributed by atoms with van der Waals surface area (Å²) in [5, 5.41) is 6.87. The van der Waals surface area contributed by atoms with Crippen LogP contribution in [0.1, 0.15) is 61.9 Å². The van der Waals surface area contributed by atoms with Crippen LogP contribution in [0.15, 0.2) is 70.9 Å². The van der Waals surface area contributed by atoms with Crippen molar-refractivity contribution in [1.29, 1.82) is 0 Å². The third-order valence-electron chi connectivity index (χ3n) is 7.35. The molecule has 2 aliphatic carbocycles. The van der Waals surface area contributed by atoms with E-state index in [-0.39, 0.29) is 5.91 Å². The summed E-state index contributed by atoms with van der Waals surface area (Å²) in [7, 11) is 0. The normalized spacial score (nSPS) is 20.6. The number of fused-ring (bicyclic) bond motifs is 1. The van der Waals surface area contributed by atoms with Crippen LogP contribution in [0.3, 0.4) is 0 Å². The Hall–Kier alpha value is -2.86. The minimum Gasteiger partial charge on any atom is -0.491 e. The quantitative estimate of drug-likeness (QED) is 0.410. The Kier molecular flexibility index (Phi) is 8.14. The first-order valence-corrected chi connectivity index (χ1v) is 15.1. The molecule has 6 rings (SSSR count). The summed E-state index contributed by atoms with van der Waals surface area (Å²) in [4.78, 5) is 16.6. The highest BCUT2D eigenvalue weighted by molar-refractivity contribution is 7.98. The van der Waals surface area contributed by atoms with Crippen molar-refractivity contribution in [2.75, 3.05) is 24.3 Å². The largest absolute Gasteiger partial charge is 0.491 e. The van der Waals surface area contributed by atoms with Crippen molar-refractivity contribution in [2.45, 2.75) is 63.4 Å². The fourth-order valence-corrected chi connectivity index (χ4v) is 5.40. The molecule has 0 saturated heterocycles. The zero-order valence-electron chi connectivity index (χ0n) is 22.3. The third kappa shape index (κ3) is 6.18. The van der Waals surface area contributed by atoms with E-state index in [9.17, 15) is 4.79 Å². The summed E-state index contributed by atoms with van der Waals surface area (Å²) in [6, 6.07) is 14.6. The van der Waals surface area contributed by atoms with Crippen LogP contribution in [0.2, 0.25) is 0 Å². The fourth-order valence-electron chi connectivity index (χ4n) is 4.99. The number of dihydropyridines is 1. The van der Waals surface area contributed by atoms with Crippen molar-refractivity contribution >= 4 is 23.4 Å². The summed E-state index contributed by atoms with van der Waals surface area (Å²) in [5.41, 5.74) is 5.47. The number of nitrogens with zero attached hydrogens (tertiary/aromatic N) is 1. The molecule has 2 aromatic carbocycles. The lowest BCUT2D eigenvalue weighted by molar-refractivity contribution is 0.0950. The Balaban J connectivity index is 0.00000137. The number of rotatable bonds is 7. The summed E-state index contributed by atoms with van der Waals surface area (Å²) < 4.78 is 6.13. The van der Waals surface area contributed by atoms with E-state index in [0.717, 1.165) is 35.9 Å². The molecule has 2 aliphatic heterocycles. The minimum absolute atomic E-state index is 0.0769.